The number of esters is 1. The van der Waals surface area contributed by atoms with Gasteiger partial charge in [0.1, 0.15) is 18.8 Å². The zero-order valence-electron chi connectivity index (χ0n) is 8.10. The van der Waals surface area contributed by atoms with E-state index in [1.165, 1.54) is 0 Å². The van der Waals surface area contributed by atoms with Crippen LogP contribution in [0.1, 0.15) is 6.92 Å². The van der Waals surface area contributed by atoms with Crippen LogP contribution >= 0.6 is 0 Å². The first-order valence-electron chi connectivity index (χ1n) is 4.25. The fraction of sp³-hybridized carbons (Fsp3) is 0.875. The van der Waals surface area contributed by atoms with Crippen LogP contribution < -0.4 is 0 Å². The van der Waals surface area contributed by atoms with Gasteiger partial charge in [0.2, 0.25) is 0 Å². The van der Waals surface area contributed by atoms with Crippen molar-refractivity contribution >= 4 is 5.97 Å². The van der Waals surface area contributed by atoms with Crippen LogP contribution in [-0.4, -0.2) is 59.9 Å². The van der Waals surface area contributed by atoms with Crippen LogP contribution in [0.25, 0.3) is 0 Å². The fourth-order valence-corrected chi connectivity index (χ4v) is 0.583. The zero-order chi connectivity index (χ0) is 11.0. The number of aliphatic hydroxyl groups is 3. The van der Waals surface area contributed by atoms with E-state index in [9.17, 15) is 9.90 Å². The van der Waals surface area contributed by atoms with Gasteiger partial charge in [-0.05, 0) is 6.92 Å². The second-order valence-electron chi connectivity index (χ2n) is 2.84. The molecule has 0 aromatic carbocycles. The Hall–Kier alpha value is -0.690. The highest BCUT2D eigenvalue weighted by molar-refractivity contribution is 5.70. The molecule has 0 aliphatic carbocycles. The Morgan fingerprint density at radius 2 is 1.93 bits per heavy atom. The van der Waals surface area contributed by atoms with Gasteiger partial charge in [0.05, 0.1) is 13.2 Å². The lowest BCUT2D eigenvalue weighted by Crippen LogP contribution is -2.43. The molecule has 14 heavy (non-hydrogen) atoms. The van der Waals surface area contributed by atoms with Crippen molar-refractivity contribution in [1.29, 1.82) is 0 Å². The van der Waals surface area contributed by atoms with Gasteiger partial charge in [-0.25, -0.2) is 4.79 Å². The second kappa shape index (κ2) is 6.72. The molecule has 0 heterocycles. The number of carbonyl (C=O) groups is 1. The summed E-state index contributed by atoms with van der Waals surface area (Å²) in [7, 11) is 0. The molecule has 0 unspecified atom stereocenters. The van der Waals surface area contributed by atoms with Gasteiger partial charge in [0, 0.05) is 6.61 Å². The van der Waals surface area contributed by atoms with E-state index in [4.69, 9.17) is 14.9 Å². The third-order valence-corrected chi connectivity index (χ3v) is 1.51. The van der Waals surface area contributed by atoms with Gasteiger partial charge in [-0.3, -0.25) is 0 Å². The van der Waals surface area contributed by atoms with E-state index in [1.54, 1.807) is 6.92 Å². The number of carbonyl (C=O) groups excluding carboxylic acids is 1. The number of ether oxygens (including phenoxy) is 2. The Labute approximate surface area is 82.1 Å². The van der Waals surface area contributed by atoms with Gasteiger partial charge in [-0.2, -0.15) is 0 Å². The zero-order valence-corrected chi connectivity index (χ0v) is 8.10. The Kier molecular flexibility index (Phi) is 6.39. The Morgan fingerprint density at radius 1 is 1.36 bits per heavy atom. The summed E-state index contributed by atoms with van der Waals surface area (Å²) in [6.07, 6.45) is 0. The van der Waals surface area contributed by atoms with Gasteiger partial charge in [0.15, 0.2) is 0 Å². The van der Waals surface area contributed by atoms with Crippen LogP contribution in [0.15, 0.2) is 0 Å². The predicted octanol–water partition coefficient (Wildman–Crippen LogP) is -1.72. The molecule has 0 aliphatic heterocycles. The van der Waals surface area contributed by atoms with Gasteiger partial charge < -0.3 is 24.8 Å². The number of rotatable bonds is 7. The summed E-state index contributed by atoms with van der Waals surface area (Å²) < 4.78 is 9.30. The largest absolute Gasteiger partial charge is 0.461 e. The maximum Gasteiger partial charge on any atom is 0.332 e. The minimum atomic E-state index is -1.78. The van der Waals surface area contributed by atoms with Crippen molar-refractivity contribution in [2.75, 3.05) is 33.0 Å². The normalized spacial score (nSPS) is 11.4. The van der Waals surface area contributed by atoms with Crippen molar-refractivity contribution in [2.24, 2.45) is 0 Å². The SMILES string of the molecule is CCOCC(=O)OCC(O)(CO)CO. The van der Waals surface area contributed by atoms with Crippen molar-refractivity contribution in [3.63, 3.8) is 0 Å². The summed E-state index contributed by atoms with van der Waals surface area (Å²) >= 11 is 0. The van der Waals surface area contributed by atoms with Crippen molar-refractivity contribution in [1.82, 2.24) is 0 Å². The molecule has 0 bridgehead atoms. The molecule has 0 radical (unpaired) electrons. The summed E-state index contributed by atoms with van der Waals surface area (Å²) in [6.45, 7) is 0.108. The number of aliphatic hydroxyl groups excluding tert-OH is 2. The average molecular weight is 208 g/mol. The molecule has 3 N–H and O–H groups in total. The molecule has 0 fully saturated rings. The van der Waals surface area contributed by atoms with Crippen LogP contribution in [0.4, 0.5) is 0 Å². The van der Waals surface area contributed by atoms with E-state index in [1.807, 2.05) is 0 Å². The summed E-state index contributed by atoms with van der Waals surface area (Å²) in [4.78, 5) is 10.9. The lowest BCUT2D eigenvalue weighted by atomic mass is 10.1. The molecule has 6 heteroatoms. The lowest BCUT2D eigenvalue weighted by molar-refractivity contribution is -0.162. The van der Waals surface area contributed by atoms with Crippen molar-refractivity contribution in [3.8, 4) is 0 Å². The minimum Gasteiger partial charge on any atom is -0.461 e. The number of hydrogen-bond acceptors (Lipinski definition) is 6. The number of hydrogen-bond donors (Lipinski definition) is 3. The van der Waals surface area contributed by atoms with Crippen molar-refractivity contribution < 1.29 is 29.6 Å². The molecule has 0 rings (SSSR count). The molecular weight excluding hydrogens is 192 g/mol. The molecule has 0 aromatic heterocycles. The average Bonchev–Trinajstić information content (AvgIpc) is 2.23. The van der Waals surface area contributed by atoms with E-state index in [0.29, 0.717) is 6.61 Å². The maximum atomic E-state index is 10.9. The third kappa shape index (κ3) is 5.13. The van der Waals surface area contributed by atoms with E-state index in [2.05, 4.69) is 4.74 Å². The van der Waals surface area contributed by atoms with E-state index >= 15 is 0 Å². The minimum absolute atomic E-state index is 0.205. The molecular formula is C8H16O6. The van der Waals surface area contributed by atoms with Gasteiger partial charge >= 0.3 is 5.97 Å². The van der Waals surface area contributed by atoms with Gasteiger partial charge in [-0.15, -0.1) is 0 Å². The highest BCUT2D eigenvalue weighted by atomic mass is 16.6. The third-order valence-electron chi connectivity index (χ3n) is 1.51. The molecule has 0 aliphatic rings. The Balaban J connectivity index is 3.74. The second-order valence-corrected chi connectivity index (χ2v) is 2.84. The smallest absolute Gasteiger partial charge is 0.332 e. The quantitative estimate of drug-likeness (QED) is 0.431. The van der Waals surface area contributed by atoms with Crippen LogP contribution in [-0.2, 0) is 14.3 Å². The molecule has 0 amide bonds. The van der Waals surface area contributed by atoms with Crippen LogP contribution in [0.5, 0.6) is 0 Å². The molecule has 0 aromatic rings. The monoisotopic (exact) mass is 208 g/mol. The van der Waals surface area contributed by atoms with Gasteiger partial charge in [-0.1, -0.05) is 0 Å². The first-order valence-corrected chi connectivity index (χ1v) is 4.25. The first-order chi connectivity index (χ1) is 6.58. The van der Waals surface area contributed by atoms with Crippen molar-refractivity contribution in [3.05, 3.63) is 0 Å². The lowest BCUT2D eigenvalue weighted by Gasteiger charge is -2.22. The molecule has 0 saturated heterocycles. The summed E-state index contributed by atoms with van der Waals surface area (Å²) in [6, 6.07) is 0. The van der Waals surface area contributed by atoms with Crippen LogP contribution in [0.3, 0.4) is 0 Å². The highest BCUT2D eigenvalue weighted by Crippen LogP contribution is 2.02. The topological polar surface area (TPSA) is 96.2 Å². The standard InChI is InChI=1S/C8H16O6/c1-2-13-3-7(11)14-6-8(12,4-9)5-10/h9-10,12H,2-6H2,1H3. The van der Waals surface area contributed by atoms with E-state index in [-0.39, 0.29) is 6.61 Å². The predicted molar refractivity (Wildman–Crippen MR) is 46.6 cm³/mol. The van der Waals surface area contributed by atoms with Crippen molar-refractivity contribution in [2.45, 2.75) is 12.5 Å². The molecule has 84 valence electrons. The Bertz CT molecular complexity index is 165. The van der Waals surface area contributed by atoms with E-state index in [0.717, 1.165) is 0 Å². The van der Waals surface area contributed by atoms with E-state index < -0.39 is 31.4 Å². The molecule has 0 saturated carbocycles. The summed E-state index contributed by atoms with van der Waals surface area (Å²) in [5.41, 5.74) is -1.78. The van der Waals surface area contributed by atoms with Crippen LogP contribution in [0.2, 0.25) is 0 Å². The summed E-state index contributed by atoms with van der Waals surface area (Å²) in [5, 5.41) is 26.6. The maximum absolute atomic E-state index is 10.9. The fourth-order valence-electron chi connectivity index (χ4n) is 0.583. The highest BCUT2D eigenvalue weighted by Gasteiger charge is 2.27. The molecule has 0 atom stereocenters. The molecule has 6 nitrogen and oxygen atoms in total. The van der Waals surface area contributed by atoms with Gasteiger partial charge in [0.25, 0.3) is 0 Å². The summed E-state index contributed by atoms with van der Waals surface area (Å²) in [5.74, 6) is -0.646. The Morgan fingerprint density at radius 3 is 2.36 bits per heavy atom. The van der Waals surface area contributed by atoms with Crippen LogP contribution in [0, 0.1) is 0 Å². The first kappa shape index (κ1) is 13.3. The molecule has 0 spiro atoms.